The van der Waals surface area contributed by atoms with Crippen LogP contribution in [-0.2, 0) is 0 Å². The van der Waals surface area contributed by atoms with Crippen molar-refractivity contribution in [1.82, 2.24) is 9.55 Å². The van der Waals surface area contributed by atoms with Gasteiger partial charge in [0.05, 0.1) is 0 Å². The number of benzene rings is 1. The molecule has 1 aromatic carbocycles. The molecular formula is C11H9N2. The summed E-state index contributed by atoms with van der Waals surface area (Å²) in [5.74, 6) is 0. The van der Waals surface area contributed by atoms with E-state index in [2.05, 4.69) is 11.3 Å². The van der Waals surface area contributed by atoms with Gasteiger partial charge in [-0.3, -0.25) is 0 Å². The molecule has 0 saturated heterocycles. The fraction of sp³-hybridized carbons (Fsp3) is 0. The van der Waals surface area contributed by atoms with E-state index >= 15 is 0 Å². The molecule has 0 amide bonds. The number of rotatable bonds is 2. The molecule has 0 aliphatic rings. The lowest BCUT2D eigenvalue weighted by molar-refractivity contribution is 1.12. The van der Waals surface area contributed by atoms with Crippen LogP contribution in [0.5, 0.6) is 0 Å². The highest BCUT2D eigenvalue weighted by molar-refractivity contribution is 5.59. The van der Waals surface area contributed by atoms with Crippen LogP contribution in [0, 0.1) is 6.33 Å². The molecule has 2 nitrogen and oxygen atoms in total. The Morgan fingerprint density at radius 1 is 1.23 bits per heavy atom. The lowest BCUT2D eigenvalue weighted by Crippen LogP contribution is -1.78. The van der Waals surface area contributed by atoms with Crippen LogP contribution in [0.4, 0.5) is 0 Å². The summed E-state index contributed by atoms with van der Waals surface area (Å²) in [5, 5.41) is 0. The third-order valence-electron chi connectivity index (χ3n) is 1.70. The van der Waals surface area contributed by atoms with Gasteiger partial charge in [0.25, 0.3) is 0 Å². The first-order valence-electron chi connectivity index (χ1n) is 4.09. The van der Waals surface area contributed by atoms with Gasteiger partial charge < -0.3 is 4.57 Å². The van der Waals surface area contributed by atoms with Crippen LogP contribution in [0.1, 0.15) is 5.56 Å². The van der Waals surface area contributed by atoms with Gasteiger partial charge in [0, 0.05) is 18.6 Å². The highest BCUT2D eigenvalue weighted by Crippen LogP contribution is 2.01. The number of aromatic nitrogens is 2. The summed E-state index contributed by atoms with van der Waals surface area (Å²) in [4.78, 5) is 3.82. The molecule has 0 saturated carbocycles. The maximum Gasteiger partial charge on any atom is 0.180 e. The Labute approximate surface area is 77.2 Å². The van der Waals surface area contributed by atoms with Crippen molar-refractivity contribution in [2.45, 2.75) is 0 Å². The zero-order valence-electron chi connectivity index (χ0n) is 7.09. The van der Waals surface area contributed by atoms with Crippen molar-refractivity contribution in [3.8, 4) is 0 Å². The minimum absolute atomic E-state index is 1.17. The topological polar surface area (TPSA) is 17.8 Å². The Morgan fingerprint density at radius 2 is 2.08 bits per heavy atom. The first kappa shape index (κ1) is 7.80. The molecule has 13 heavy (non-hydrogen) atoms. The van der Waals surface area contributed by atoms with Gasteiger partial charge in [-0.15, -0.1) is 0 Å². The smallest absolute Gasteiger partial charge is 0.180 e. The molecule has 0 aliphatic heterocycles. The van der Waals surface area contributed by atoms with Gasteiger partial charge in [-0.2, -0.15) is 0 Å². The van der Waals surface area contributed by atoms with Crippen molar-refractivity contribution in [3.05, 3.63) is 54.6 Å². The van der Waals surface area contributed by atoms with Crippen LogP contribution in [0.2, 0.25) is 0 Å². The molecule has 0 N–H and O–H groups in total. The first-order valence-corrected chi connectivity index (χ1v) is 4.09. The van der Waals surface area contributed by atoms with Crippen LogP contribution in [0.15, 0.2) is 42.7 Å². The molecule has 2 heteroatoms. The Balaban J connectivity index is 2.15. The molecule has 0 unspecified atom stereocenters. The molecule has 0 fully saturated rings. The molecule has 0 atom stereocenters. The number of nitrogens with zero attached hydrogens (tertiary/aromatic N) is 2. The number of hydrogen-bond acceptors (Lipinski definition) is 1. The molecule has 0 spiro atoms. The number of hydrogen-bond donors (Lipinski definition) is 0. The van der Waals surface area contributed by atoms with Crippen molar-refractivity contribution in [2.75, 3.05) is 0 Å². The number of imidazole rings is 1. The Bertz CT molecular complexity index is 374. The van der Waals surface area contributed by atoms with Gasteiger partial charge in [0.1, 0.15) is 0 Å². The van der Waals surface area contributed by atoms with E-state index in [0.717, 1.165) is 0 Å². The van der Waals surface area contributed by atoms with Gasteiger partial charge >= 0.3 is 0 Å². The van der Waals surface area contributed by atoms with E-state index in [1.54, 1.807) is 10.8 Å². The van der Waals surface area contributed by atoms with Crippen molar-refractivity contribution >= 4 is 12.3 Å². The maximum atomic E-state index is 3.82. The predicted molar refractivity (Wildman–Crippen MR) is 52.7 cm³/mol. The van der Waals surface area contributed by atoms with Crippen LogP contribution in [0.25, 0.3) is 12.3 Å². The molecule has 0 aliphatic carbocycles. The van der Waals surface area contributed by atoms with Gasteiger partial charge in [-0.05, 0) is 11.6 Å². The summed E-state index contributed by atoms with van der Waals surface area (Å²) >= 11 is 0. The average Bonchev–Trinajstić information content (AvgIpc) is 2.69. The Morgan fingerprint density at radius 3 is 2.77 bits per heavy atom. The van der Waals surface area contributed by atoms with E-state index in [-0.39, 0.29) is 0 Å². The Kier molecular flexibility index (Phi) is 2.23. The zero-order valence-corrected chi connectivity index (χ0v) is 7.09. The first-order chi connectivity index (χ1) is 6.45. The van der Waals surface area contributed by atoms with E-state index in [9.17, 15) is 0 Å². The highest BCUT2D eigenvalue weighted by atomic mass is 15.0. The van der Waals surface area contributed by atoms with Crippen LogP contribution < -0.4 is 0 Å². The fourth-order valence-corrected chi connectivity index (χ4v) is 1.05. The summed E-state index contributed by atoms with van der Waals surface area (Å²) < 4.78 is 1.78. The summed E-state index contributed by atoms with van der Waals surface area (Å²) in [6, 6.07) is 10.1. The standard InChI is InChI=1S/C11H9N2/c1-2-4-11(5-3-1)6-8-13-9-7-12-10-13/h1-9H. The van der Waals surface area contributed by atoms with E-state index in [1.165, 1.54) is 5.56 Å². The van der Waals surface area contributed by atoms with E-state index < -0.39 is 0 Å². The Hall–Kier alpha value is -1.83. The van der Waals surface area contributed by atoms with Crippen LogP contribution in [0.3, 0.4) is 0 Å². The van der Waals surface area contributed by atoms with Gasteiger partial charge in [0.15, 0.2) is 6.33 Å². The minimum Gasteiger partial charge on any atom is -0.304 e. The van der Waals surface area contributed by atoms with E-state index in [4.69, 9.17) is 0 Å². The van der Waals surface area contributed by atoms with Crippen molar-refractivity contribution in [2.24, 2.45) is 0 Å². The minimum atomic E-state index is 1.17. The largest absolute Gasteiger partial charge is 0.304 e. The second-order valence-electron chi connectivity index (χ2n) is 2.66. The molecule has 2 rings (SSSR count). The van der Waals surface area contributed by atoms with Crippen molar-refractivity contribution in [3.63, 3.8) is 0 Å². The maximum absolute atomic E-state index is 3.82. The fourth-order valence-electron chi connectivity index (χ4n) is 1.05. The lowest BCUT2D eigenvalue weighted by Gasteiger charge is -1.91. The molecule has 1 aromatic heterocycles. The third-order valence-corrected chi connectivity index (χ3v) is 1.70. The summed E-state index contributed by atoms with van der Waals surface area (Å²) in [5.41, 5.74) is 1.17. The summed E-state index contributed by atoms with van der Waals surface area (Å²) in [7, 11) is 0. The lowest BCUT2D eigenvalue weighted by atomic mass is 10.2. The average molecular weight is 169 g/mol. The van der Waals surface area contributed by atoms with Crippen molar-refractivity contribution < 1.29 is 0 Å². The van der Waals surface area contributed by atoms with Gasteiger partial charge in [0.2, 0.25) is 0 Å². The van der Waals surface area contributed by atoms with Gasteiger partial charge in [-0.1, -0.05) is 30.3 Å². The summed E-state index contributed by atoms with van der Waals surface area (Å²) in [6.07, 6.45) is 10.3. The summed E-state index contributed by atoms with van der Waals surface area (Å²) in [6.45, 7) is 0. The van der Waals surface area contributed by atoms with Gasteiger partial charge in [-0.25, -0.2) is 4.98 Å². The van der Waals surface area contributed by atoms with E-state index in [0.29, 0.717) is 0 Å². The quantitative estimate of drug-likeness (QED) is 0.674. The second kappa shape index (κ2) is 3.72. The molecule has 1 heterocycles. The SMILES string of the molecule is [c]1nccn1C=Cc1ccccc1. The third kappa shape index (κ3) is 2.06. The molecule has 1 radical (unpaired) electrons. The molecule has 2 aromatic rings. The second-order valence-corrected chi connectivity index (χ2v) is 2.66. The zero-order chi connectivity index (χ0) is 8.93. The normalized spacial score (nSPS) is 10.8. The molecular weight excluding hydrogens is 160 g/mol. The highest BCUT2D eigenvalue weighted by Gasteiger charge is 1.84. The van der Waals surface area contributed by atoms with E-state index in [1.807, 2.05) is 48.8 Å². The molecule has 63 valence electrons. The molecule has 0 bridgehead atoms. The van der Waals surface area contributed by atoms with Crippen LogP contribution >= 0.6 is 0 Å². The van der Waals surface area contributed by atoms with Crippen molar-refractivity contribution in [1.29, 1.82) is 0 Å². The monoisotopic (exact) mass is 169 g/mol. The van der Waals surface area contributed by atoms with Crippen LogP contribution in [-0.4, -0.2) is 9.55 Å². The predicted octanol–water partition coefficient (Wildman–Crippen LogP) is 2.31.